The molecule has 1 atom stereocenters. The number of hydrogen-bond acceptors (Lipinski definition) is 5. The summed E-state index contributed by atoms with van der Waals surface area (Å²) in [7, 11) is 0. The first-order valence-corrected chi connectivity index (χ1v) is 7.01. The van der Waals surface area contributed by atoms with Crippen LogP contribution < -0.4 is 0 Å². The van der Waals surface area contributed by atoms with Crippen molar-refractivity contribution < 1.29 is 14.7 Å². The highest BCUT2D eigenvalue weighted by molar-refractivity contribution is 5.98. The minimum Gasteiger partial charge on any atom is -0.481 e. The molecule has 22 heavy (non-hydrogen) atoms. The summed E-state index contributed by atoms with van der Waals surface area (Å²) in [5.41, 5.74) is 1.04. The molecule has 1 aromatic heterocycles. The first-order chi connectivity index (χ1) is 10.7. The molecule has 1 aliphatic heterocycles. The Morgan fingerprint density at radius 1 is 1.27 bits per heavy atom. The summed E-state index contributed by atoms with van der Waals surface area (Å²) >= 11 is 0. The monoisotopic (exact) mass is 301 g/mol. The van der Waals surface area contributed by atoms with Gasteiger partial charge in [0.2, 0.25) is 0 Å². The molecule has 114 valence electrons. The molecule has 0 unspecified atom stereocenters. The van der Waals surface area contributed by atoms with Gasteiger partial charge >= 0.3 is 5.97 Å². The molecule has 1 aromatic carbocycles. The number of carbonyl (C=O) groups excluding carboxylic acids is 1. The summed E-state index contributed by atoms with van der Waals surface area (Å²) in [6.07, 6.45) is 2.71. The molecule has 1 fully saturated rings. The van der Waals surface area contributed by atoms with E-state index in [9.17, 15) is 9.59 Å². The van der Waals surface area contributed by atoms with E-state index in [0.717, 1.165) is 0 Å². The van der Waals surface area contributed by atoms with Gasteiger partial charge in [-0.15, -0.1) is 5.10 Å². The van der Waals surface area contributed by atoms with Gasteiger partial charge in [0.1, 0.15) is 6.33 Å². The Morgan fingerprint density at radius 3 is 2.82 bits per heavy atom. The zero-order valence-electron chi connectivity index (χ0n) is 11.8. The van der Waals surface area contributed by atoms with Gasteiger partial charge in [0.15, 0.2) is 0 Å². The Bertz CT molecular complexity index is 686. The number of carboxylic acids is 1. The standard InChI is InChI=1S/C14H15N5O3/c20-13(18-7-3-4-10(8-18)14(21)22)11-5-1-2-6-12(11)19-9-15-16-17-19/h1-2,5-6,9-10H,3-4,7-8H2,(H,21,22)/t10-/m1/s1. The van der Waals surface area contributed by atoms with Gasteiger partial charge in [0.05, 0.1) is 17.2 Å². The second kappa shape index (κ2) is 5.92. The number of rotatable bonds is 3. The molecular weight excluding hydrogens is 286 g/mol. The molecule has 1 aliphatic rings. The zero-order valence-corrected chi connectivity index (χ0v) is 11.8. The molecule has 3 rings (SSSR count). The van der Waals surface area contributed by atoms with Crippen LogP contribution in [0.15, 0.2) is 30.6 Å². The van der Waals surface area contributed by atoms with Gasteiger partial charge in [0, 0.05) is 13.1 Å². The fourth-order valence-corrected chi connectivity index (χ4v) is 2.66. The van der Waals surface area contributed by atoms with Crippen molar-refractivity contribution >= 4 is 11.9 Å². The summed E-state index contributed by atoms with van der Waals surface area (Å²) < 4.78 is 1.42. The molecule has 1 saturated heterocycles. The van der Waals surface area contributed by atoms with Crippen LogP contribution in [0.4, 0.5) is 0 Å². The molecule has 0 spiro atoms. The van der Waals surface area contributed by atoms with E-state index < -0.39 is 11.9 Å². The summed E-state index contributed by atoms with van der Waals surface area (Å²) in [6, 6.07) is 7.01. The average molecular weight is 301 g/mol. The van der Waals surface area contributed by atoms with E-state index in [1.165, 1.54) is 11.0 Å². The second-order valence-corrected chi connectivity index (χ2v) is 5.20. The van der Waals surface area contributed by atoms with Gasteiger partial charge in [-0.2, -0.15) is 4.68 Å². The van der Waals surface area contributed by atoms with Crippen LogP contribution in [0.2, 0.25) is 0 Å². The molecule has 0 radical (unpaired) electrons. The van der Waals surface area contributed by atoms with E-state index in [1.54, 1.807) is 29.2 Å². The first-order valence-electron chi connectivity index (χ1n) is 7.01. The summed E-state index contributed by atoms with van der Waals surface area (Å²) in [5, 5.41) is 20.1. The average Bonchev–Trinajstić information content (AvgIpc) is 3.08. The molecule has 8 nitrogen and oxygen atoms in total. The number of para-hydroxylation sites is 1. The number of aromatic nitrogens is 4. The first kappa shape index (κ1) is 14.2. The predicted molar refractivity (Wildman–Crippen MR) is 75.4 cm³/mol. The Hall–Kier alpha value is -2.77. The topological polar surface area (TPSA) is 101 Å². The smallest absolute Gasteiger partial charge is 0.308 e. The number of carboxylic acid groups (broad SMARTS) is 1. The SMILES string of the molecule is O=C(O)[C@@H]1CCCN(C(=O)c2ccccc2-n2cnnn2)C1. The van der Waals surface area contributed by atoms with E-state index in [-0.39, 0.29) is 12.5 Å². The van der Waals surface area contributed by atoms with Gasteiger partial charge < -0.3 is 10.0 Å². The van der Waals surface area contributed by atoms with Gasteiger partial charge in [-0.25, -0.2) is 0 Å². The number of carbonyl (C=O) groups is 2. The van der Waals surface area contributed by atoms with Crippen LogP contribution in [-0.4, -0.2) is 55.2 Å². The molecular formula is C14H15N5O3. The Kier molecular flexibility index (Phi) is 3.82. The predicted octanol–water partition coefficient (Wildman–Crippen LogP) is 0.599. The molecule has 1 amide bonds. The quantitative estimate of drug-likeness (QED) is 0.890. The highest BCUT2D eigenvalue weighted by Gasteiger charge is 2.29. The normalized spacial score (nSPS) is 18.2. The van der Waals surface area contributed by atoms with Crippen molar-refractivity contribution in [3.8, 4) is 5.69 Å². The maximum Gasteiger partial charge on any atom is 0.308 e. The van der Waals surface area contributed by atoms with Gasteiger partial charge in [0.25, 0.3) is 5.91 Å². The van der Waals surface area contributed by atoms with Gasteiger partial charge in [-0.05, 0) is 35.4 Å². The van der Waals surface area contributed by atoms with Crippen LogP contribution in [0.25, 0.3) is 5.69 Å². The van der Waals surface area contributed by atoms with Crippen molar-refractivity contribution in [3.05, 3.63) is 36.2 Å². The van der Waals surface area contributed by atoms with E-state index >= 15 is 0 Å². The summed E-state index contributed by atoms with van der Waals surface area (Å²) in [4.78, 5) is 25.5. The van der Waals surface area contributed by atoms with E-state index in [1.807, 2.05) is 0 Å². The number of tetrazole rings is 1. The molecule has 0 bridgehead atoms. The molecule has 0 saturated carbocycles. The van der Waals surface area contributed by atoms with Crippen LogP contribution in [0.3, 0.4) is 0 Å². The molecule has 0 aliphatic carbocycles. The van der Waals surface area contributed by atoms with Crippen molar-refractivity contribution in [1.82, 2.24) is 25.1 Å². The lowest BCUT2D eigenvalue weighted by molar-refractivity contribution is -0.143. The number of benzene rings is 1. The van der Waals surface area contributed by atoms with Crippen LogP contribution in [0, 0.1) is 5.92 Å². The van der Waals surface area contributed by atoms with Crippen molar-refractivity contribution in [2.24, 2.45) is 5.92 Å². The maximum absolute atomic E-state index is 12.7. The van der Waals surface area contributed by atoms with Crippen LogP contribution >= 0.6 is 0 Å². The molecule has 2 aromatic rings. The minimum absolute atomic E-state index is 0.197. The largest absolute Gasteiger partial charge is 0.481 e. The van der Waals surface area contributed by atoms with Crippen molar-refractivity contribution in [1.29, 1.82) is 0 Å². The van der Waals surface area contributed by atoms with E-state index in [0.29, 0.717) is 30.6 Å². The van der Waals surface area contributed by atoms with Crippen molar-refractivity contribution in [2.45, 2.75) is 12.8 Å². The highest BCUT2D eigenvalue weighted by Crippen LogP contribution is 2.21. The number of piperidine rings is 1. The van der Waals surface area contributed by atoms with Crippen LogP contribution in [0.5, 0.6) is 0 Å². The zero-order chi connectivity index (χ0) is 15.5. The number of nitrogens with zero attached hydrogens (tertiary/aromatic N) is 5. The fourth-order valence-electron chi connectivity index (χ4n) is 2.66. The number of amides is 1. The third-order valence-corrected chi connectivity index (χ3v) is 3.79. The molecule has 2 heterocycles. The number of aliphatic carboxylic acids is 1. The lowest BCUT2D eigenvalue weighted by atomic mass is 9.97. The van der Waals surface area contributed by atoms with Crippen molar-refractivity contribution in [3.63, 3.8) is 0 Å². The summed E-state index contributed by atoms with van der Waals surface area (Å²) in [6.45, 7) is 0.796. The van der Waals surface area contributed by atoms with Crippen molar-refractivity contribution in [2.75, 3.05) is 13.1 Å². The molecule has 8 heteroatoms. The highest BCUT2D eigenvalue weighted by atomic mass is 16.4. The lowest BCUT2D eigenvalue weighted by Crippen LogP contribution is -2.42. The second-order valence-electron chi connectivity index (χ2n) is 5.20. The van der Waals surface area contributed by atoms with Gasteiger partial charge in [-0.3, -0.25) is 9.59 Å². The molecule has 1 N–H and O–H groups in total. The summed E-state index contributed by atoms with van der Waals surface area (Å²) in [5.74, 6) is -1.55. The third-order valence-electron chi connectivity index (χ3n) is 3.79. The third kappa shape index (κ3) is 2.67. The Labute approximate surface area is 126 Å². The lowest BCUT2D eigenvalue weighted by Gasteiger charge is -2.31. The van der Waals surface area contributed by atoms with Crippen LogP contribution in [0.1, 0.15) is 23.2 Å². The van der Waals surface area contributed by atoms with Gasteiger partial charge in [-0.1, -0.05) is 12.1 Å². The fraction of sp³-hybridized carbons (Fsp3) is 0.357. The maximum atomic E-state index is 12.7. The Morgan fingerprint density at radius 2 is 2.09 bits per heavy atom. The van der Waals surface area contributed by atoms with Crippen LogP contribution in [-0.2, 0) is 4.79 Å². The minimum atomic E-state index is -0.855. The van der Waals surface area contributed by atoms with E-state index in [4.69, 9.17) is 5.11 Å². The number of hydrogen-bond donors (Lipinski definition) is 1. The van der Waals surface area contributed by atoms with E-state index in [2.05, 4.69) is 15.5 Å². The number of likely N-dealkylation sites (tertiary alicyclic amines) is 1. The Balaban J connectivity index is 1.88.